The highest BCUT2D eigenvalue weighted by Gasteiger charge is 2.71. The number of benzene rings is 1. The molecule has 0 aromatic heterocycles. The number of alkyl halides is 6. The number of carbonyl (C=O) groups is 1. The Morgan fingerprint density at radius 2 is 1.75 bits per heavy atom. The number of nitrogens with zero attached hydrogens (tertiary/aromatic N) is 1. The van der Waals surface area contributed by atoms with Crippen molar-refractivity contribution in [1.29, 1.82) is 0 Å². The van der Waals surface area contributed by atoms with Gasteiger partial charge in [0.05, 0.1) is 0 Å². The second kappa shape index (κ2) is 7.57. The van der Waals surface area contributed by atoms with Crippen LogP contribution < -0.4 is 4.90 Å². The van der Waals surface area contributed by atoms with Crippen molar-refractivity contribution in [2.24, 2.45) is 5.92 Å². The van der Waals surface area contributed by atoms with Gasteiger partial charge in [-0.2, -0.15) is 26.3 Å². The summed E-state index contributed by atoms with van der Waals surface area (Å²) in [5, 5.41) is 9.66. The highest BCUT2D eigenvalue weighted by atomic mass is 19.4. The molecule has 1 heterocycles. The van der Waals surface area contributed by atoms with Crippen LogP contribution in [0.2, 0.25) is 0 Å². The SMILES string of the molecule is CCC1CCCc2cc(C(O)(C(F)(F)F)C(F)(F)F)ccc2N1C(=O)C(C)C. The molecule has 1 aliphatic heterocycles. The minimum Gasteiger partial charge on any atom is -0.369 e. The Kier molecular flexibility index (Phi) is 6.09. The fourth-order valence-electron chi connectivity index (χ4n) is 3.55. The Bertz CT molecular complexity index is 712. The van der Waals surface area contributed by atoms with Gasteiger partial charge < -0.3 is 10.0 Å². The quantitative estimate of drug-likeness (QED) is 0.703. The average molecular weight is 411 g/mol. The molecule has 0 radical (unpaired) electrons. The highest BCUT2D eigenvalue weighted by molar-refractivity contribution is 5.96. The fourth-order valence-corrected chi connectivity index (χ4v) is 3.55. The smallest absolute Gasteiger partial charge is 0.369 e. The van der Waals surface area contributed by atoms with Crippen molar-refractivity contribution in [3.8, 4) is 0 Å². The van der Waals surface area contributed by atoms with Crippen LogP contribution in [0, 0.1) is 5.92 Å². The van der Waals surface area contributed by atoms with Gasteiger partial charge in [-0.25, -0.2) is 0 Å². The number of aryl methyl sites for hydroxylation is 1. The van der Waals surface area contributed by atoms with Crippen molar-refractivity contribution < 1.29 is 36.2 Å². The second-order valence-corrected chi connectivity index (χ2v) is 7.37. The van der Waals surface area contributed by atoms with Gasteiger partial charge in [0, 0.05) is 23.2 Å². The number of hydrogen-bond donors (Lipinski definition) is 1. The predicted molar refractivity (Wildman–Crippen MR) is 91.8 cm³/mol. The largest absolute Gasteiger partial charge is 0.430 e. The molecule has 1 N–H and O–H groups in total. The van der Waals surface area contributed by atoms with Gasteiger partial charge in [0.1, 0.15) is 0 Å². The molecule has 0 spiro atoms. The first-order valence-electron chi connectivity index (χ1n) is 9.08. The van der Waals surface area contributed by atoms with Crippen LogP contribution >= 0.6 is 0 Å². The van der Waals surface area contributed by atoms with Crippen LogP contribution in [-0.2, 0) is 16.8 Å². The Labute approximate surface area is 159 Å². The second-order valence-electron chi connectivity index (χ2n) is 7.37. The normalized spacial score (nSPS) is 18.8. The maximum atomic E-state index is 13.2. The molecule has 1 atom stereocenters. The Morgan fingerprint density at radius 3 is 2.21 bits per heavy atom. The van der Waals surface area contributed by atoms with E-state index in [9.17, 15) is 36.2 Å². The van der Waals surface area contributed by atoms with Crippen molar-refractivity contribution in [2.75, 3.05) is 4.90 Å². The van der Waals surface area contributed by atoms with Crippen LogP contribution in [0.25, 0.3) is 0 Å². The average Bonchev–Trinajstić information content (AvgIpc) is 2.76. The van der Waals surface area contributed by atoms with E-state index in [2.05, 4.69) is 0 Å². The third-order valence-corrected chi connectivity index (χ3v) is 5.13. The van der Waals surface area contributed by atoms with E-state index in [1.54, 1.807) is 13.8 Å². The Morgan fingerprint density at radius 1 is 1.18 bits per heavy atom. The van der Waals surface area contributed by atoms with Gasteiger partial charge in [0.25, 0.3) is 5.60 Å². The summed E-state index contributed by atoms with van der Waals surface area (Å²) in [4.78, 5) is 14.2. The minimum atomic E-state index is -5.94. The van der Waals surface area contributed by atoms with Crippen molar-refractivity contribution in [2.45, 2.75) is 70.4 Å². The summed E-state index contributed by atoms with van der Waals surface area (Å²) in [6, 6.07) is 2.24. The zero-order valence-corrected chi connectivity index (χ0v) is 15.8. The number of anilines is 1. The van der Waals surface area contributed by atoms with E-state index in [1.165, 1.54) is 4.90 Å². The molecule has 2 rings (SSSR count). The van der Waals surface area contributed by atoms with E-state index in [0.717, 1.165) is 12.1 Å². The zero-order valence-electron chi connectivity index (χ0n) is 15.8. The molecule has 0 aliphatic carbocycles. The van der Waals surface area contributed by atoms with Crippen LogP contribution in [-0.4, -0.2) is 29.4 Å². The molecule has 1 aromatic carbocycles. The molecule has 28 heavy (non-hydrogen) atoms. The molecule has 0 saturated heterocycles. The summed E-state index contributed by atoms with van der Waals surface area (Å²) in [7, 11) is 0. The molecule has 1 aromatic rings. The van der Waals surface area contributed by atoms with Crippen LogP contribution in [0.15, 0.2) is 18.2 Å². The molecular weight excluding hydrogens is 388 g/mol. The number of amides is 1. The lowest BCUT2D eigenvalue weighted by atomic mass is 9.89. The fraction of sp³-hybridized carbons (Fsp3) is 0.632. The number of halogens is 6. The molecule has 0 bridgehead atoms. The summed E-state index contributed by atoms with van der Waals surface area (Å²) in [6.07, 6.45) is -9.97. The Balaban J connectivity index is 2.66. The summed E-state index contributed by atoms with van der Waals surface area (Å²) >= 11 is 0. The lowest BCUT2D eigenvalue weighted by molar-refractivity contribution is -0.376. The molecule has 1 amide bonds. The maximum Gasteiger partial charge on any atom is 0.430 e. The molecule has 1 aliphatic rings. The standard InChI is InChI=1S/C19H23F6NO2/c1-4-14-7-5-6-12-10-13(17(28,18(20,21)22)19(23,24)25)8-9-15(12)26(14)16(27)11(2)3/h8-11,14,28H,4-7H2,1-3H3. The predicted octanol–water partition coefficient (Wildman–Crippen LogP) is 5.10. The lowest BCUT2D eigenvalue weighted by Crippen LogP contribution is -2.54. The summed E-state index contributed by atoms with van der Waals surface area (Å²) < 4.78 is 79.1. The van der Waals surface area contributed by atoms with E-state index in [0.29, 0.717) is 31.0 Å². The summed E-state index contributed by atoms with van der Waals surface area (Å²) in [5.74, 6) is -0.633. The maximum absolute atomic E-state index is 13.2. The molecule has 0 fully saturated rings. The van der Waals surface area contributed by atoms with E-state index in [4.69, 9.17) is 0 Å². The first-order valence-corrected chi connectivity index (χ1v) is 9.08. The van der Waals surface area contributed by atoms with Gasteiger partial charge in [0.2, 0.25) is 5.91 Å². The van der Waals surface area contributed by atoms with Gasteiger partial charge >= 0.3 is 12.4 Å². The van der Waals surface area contributed by atoms with Gasteiger partial charge in [-0.15, -0.1) is 0 Å². The Hall–Kier alpha value is -1.77. The monoisotopic (exact) mass is 411 g/mol. The van der Waals surface area contributed by atoms with Gasteiger partial charge in [-0.05, 0) is 37.3 Å². The first-order chi connectivity index (χ1) is 12.8. The number of carbonyl (C=O) groups excluding carboxylic acids is 1. The number of fused-ring (bicyclic) bond motifs is 1. The number of hydrogen-bond acceptors (Lipinski definition) is 2. The van der Waals surface area contributed by atoms with Crippen LogP contribution in [0.4, 0.5) is 32.0 Å². The van der Waals surface area contributed by atoms with Crippen molar-refractivity contribution in [1.82, 2.24) is 0 Å². The van der Waals surface area contributed by atoms with E-state index in [1.807, 2.05) is 6.92 Å². The van der Waals surface area contributed by atoms with Crippen LogP contribution in [0.1, 0.15) is 51.2 Å². The zero-order chi connectivity index (χ0) is 21.5. The van der Waals surface area contributed by atoms with E-state index in [-0.39, 0.29) is 29.9 Å². The minimum absolute atomic E-state index is 0.189. The topological polar surface area (TPSA) is 40.5 Å². The van der Waals surface area contributed by atoms with Gasteiger partial charge in [-0.1, -0.05) is 32.9 Å². The van der Waals surface area contributed by atoms with Crippen LogP contribution in [0.5, 0.6) is 0 Å². The summed E-state index contributed by atoms with van der Waals surface area (Å²) in [6.45, 7) is 5.23. The van der Waals surface area contributed by atoms with E-state index >= 15 is 0 Å². The first kappa shape index (κ1) is 22.5. The van der Waals surface area contributed by atoms with Crippen molar-refractivity contribution in [3.63, 3.8) is 0 Å². The molecule has 0 saturated carbocycles. The van der Waals surface area contributed by atoms with Crippen molar-refractivity contribution in [3.05, 3.63) is 29.3 Å². The molecule has 158 valence electrons. The molecular formula is C19H23F6NO2. The van der Waals surface area contributed by atoms with Gasteiger partial charge in [0.15, 0.2) is 0 Å². The van der Waals surface area contributed by atoms with Crippen molar-refractivity contribution >= 4 is 11.6 Å². The van der Waals surface area contributed by atoms with E-state index < -0.39 is 23.5 Å². The third-order valence-electron chi connectivity index (χ3n) is 5.13. The van der Waals surface area contributed by atoms with Gasteiger partial charge in [-0.3, -0.25) is 4.79 Å². The van der Waals surface area contributed by atoms with Crippen LogP contribution in [0.3, 0.4) is 0 Å². The third kappa shape index (κ3) is 3.73. The number of rotatable bonds is 3. The number of aliphatic hydroxyl groups is 1. The molecule has 3 nitrogen and oxygen atoms in total. The molecule has 9 heteroatoms. The highest BCUT2D eigenvalue weighted by Crippen LogP contribution is 2.51. The molecule has 1 unspecified atom stereocenters. The lowest BCUT2D eigenvalue weighted by Gasteiger charge is -2.35. The summed E-state index contributed by atoms with van der Waals surface area (Å²) in [5.41, 5.74) is -5.77.